The first-order valence-electron chi connectivity index (χ1n) is 19.8. The van der Waals surface area contributed by atoms with Gasteiger partial charge in [-0.3, -0.25) is 0 Å². The largest absolute Gasteiger partial charge is 0.0773 e. The summed E-state index contributed by atoms with van der Waals surface area (Å²) < 4.78 is 0. The van der Waals surface area contributed by atoms with Crippen LogP contribution in [0.4, 0.5) is 0 Å². The second kappa shape index (κ2) is 32.4. The molecule has 1 aliphatic rings. The highest BCUT2D eigenvalue weighted by Crippen LogP contribution is 2.29. The van der Waals surface area contributed by atoms with E-state index in [4.69, 9.17) is 0 Å². The van der Waals surface area contributed by atoms with Gasteiger partial charge in [0.25, 0.3) is 0 Å². The fourth-order valence-electron chi connectivity index (χ4n) is 6.90. The molecule has 1 rings (SSSR count). The van der Waals surface area contributed by atoms with Crippen LogP contribution in [-0.2, 0) is 0 Å². The van der Waals surface area contributed by atoms with Gasteiger partial charge in [-0.25, -0.2) is 0 Å². The van der Waals surface area contributed by atoms with Crippen LogP contribution in [0.5, 0.6) is 0 Å². The molecule has 0 aromatic carbocycles. The van der Waals surface area contributed by atoms with E-state index < -0.39 is 0 Å². The average Bonchev–Trinajstić information content (AvgIpc) is 3.43. The quantitative estimate of drug-likeness (QED) is 0.0675. The summed E-state index contributed by atoms with van der Waals surface area (Å²) in [5.41, 5.74) is 1.75. The summed E-state index contributed by atoms with van der Waals surface area (Å²) >= 11 is 0. The maximum Gasteiger partial charge on any atom is -0.00170 e. The first-order chi connectivity index (χ1) is 20.4. The third-order valence-electron chi connectivity index (χ3n) is 9.82. The minimum Gasteiger partial charge on any atom is -0.0773 e. The van der Waals surface area contributed by atoms with Crippen molar-refractivity contribution in [3.8, 4) is 0 Å². The summed E-state index contributed by atoms with van der Waals surface area (Å²) in [4.78, 5) is 0. The Labute approximate surface area is 261 Å². The minimum atomic E-state index is 0.776. The van der Waals surface area contributed by atoms with Crippen molar-refractivity contribution in [2.24, 2.45) is 5.92 Å². The fraction of sp³-hybridized carbons (Fsp3) is 0.902. The van der Waals surface area contributed by atoms with Gasteiger partial charge >= 0.3 is 0 Å². The zero-order valence-electron chi connectivity index (χ0n) is 28.9. The van der Waals surface area contributed by atoms with Gasteiger partial charge in [0.1, 0.15) is 0 Å². The van der Waals surface area contributed by atoms with Crippen molar-refractivity contribution in [3.05, 3.63) is 23.8 Å². The summed E-state index contributed by atoms with van der Waals surface area (Å²) in [5, 5.41) is 0. The van der Waals surface area contributed by atoms with Gasteiger partial charge in [0.2, 0.25) is 0 Å². The second-order valence-electron chi connectivity index (χ2n) is 13.9. The number of allylic oxidation sites excluding steroid dienone is 4. The molecule has 1 unspecified atom stereocenters. The standard InChI is InChI=1S/C41H78/c1-3-5-7-9-11-13-15-17-19-21-23-25-27-29-31-33-36-40-38-35-39-41(40)37-34-32-30-28-26-24-22-20-18-16-14-12-10-8-6-4-2/h35,38-40H,3-34,36-37H2,1-2H3. The Morgan fingerprint density at radius 2 is 0.659 bits per heavy atom. The smallest absolute Gasteiger partial charge is 0.00170 e. The van der Waals surface area contributed by atoms with Crippen molar-refractivity contribution in [1.82, 2.24) is 0 Å². The lowest BCUT2D eigenvalue weighted by Gasteiger charge is -2.14. The fourth-order valence-corrected chi connectivity index (χ4v) is 6.90. The SMILES string of the molecule is CCCCCCCCCCCCCCCCCCC1=CC=CC1CCCCCCCCCCCCCCCCCC. The Balaban J connectivity index is 1.79. The lowest BCUT2D eigenvalue weighted by atomic mass is 9.91. The Morgan fingerprint density at radius 3 is 1.00 bits per heavy atom. The monoisotopic (exact) mass is 571 g/mol. The van der Waals surface area contributed by atoms with E-state index in [1.807, 2.05) is 0 Å². The summed E-state index contributed by atoms with van der Waals surface area (Å²) in [5.74, 6) is 0.776. The van der Waals surface area contributed by atoms with Gasteiger partial charge in [-0.1, -0.05) is 237 Å². The van der Waals surface area contributed by atoms with Crippen LogP contribution in [0, 0.1) is 5.92 Å². The summed E-state index contributed by atoms with van der Waals surface area (Å²) in [6, 6.07) is 0. The average molecular weight is 571 g/mol. The molecular weight excluding hydrogens is 492 g/mol. The van der Waals surface area contributed by atoms with E-state index in [0.29, 0.717) is 0 Å². The van der Waals surface area contributed by atoms with Crippen molar-refractivity contribution in [3.63, 3.8) is 0 Å². The van der Waals surface area contributed by atoms with Gasteiger partial charge in [-0.2, -0.15) is 0 Å². The molecule has 0 saturated heterocycles. The zero-order chi connectivity index (χ0) is 29.3. The summed E-state index contributed by atoms with van der Waals surface area (Å²) in [6.07, 6.45) is 56.9. The van der Waals surface area contributed by atoms with Crippen LogP contribution in [-0.4, -0.2) is 0 Å². The second-order valence-corrected chi connectivity index (χ2v) is 13.9. The van der Waals surface area contributed by atoms with E-state index in [2.05, 4.69) is 32.1 Å². The molecule has 0 saturated carbocycles. The molecule has 0 aromatic rings. The van der Waals surface area contributed by atoms with Crippen LogP contribution < -0.4 is 0 Å². The van der Waals surface area contributed by atoms with Gasteiger partial charge in [0.15, 0.2) is 0 Å². The third kappa shape index (κ3) is 26.8. The Kier molecular flexibility index (Phi) is 30.4. The Hall–Kier alpha value is -0.520. The topological polar surface area (TPSA) is 0 Å². The molecule has 0 spiro atoms. The van der Waals surface area contributed by atoms with Crippen LogP contribution in [0.25, 0.3) is 0 Å². The Morgan fingerprint density at radius 1 is 0.366 bits per heavy atom. The van der Waals surface area contributed by atoms with E-state index in [0.717, 1.165) is 5.92 Å². The first kappa shape index (κ1) is 38.5. The first-order valence-corrected chi connectivity index (χ1v) is 19.8. The molecule has 0 bridgehead atoms. The lowest BCUT2D eigenvalue weighted by molar-refractivity contribution is 0.514. The lowest BCUT2D eigenvalue weighted by Crippen LogP contribution is -1.99. The van der Waals surface area contributed by atoms with Crippen LogP contribution in [0.1, 0.15) is 232 Å². The summed E-state index contributed by atoms with van der Waals surface area (Å²) in [7, 11) is 0. The van der Waals surface area contributed by atoms with Crippen molar-refractivity contribution in [1.29, 1.82) is 0 Å². The van der Waals surface area contributed by atoms with Gasteiger partial charge in [0.05, 0.1) is 0 Å². The van der Waals surface area contributed by atoms with E-state index >= 15 is 0 Å². The number of hydrogen-bond acceptors (Lipinski definition) is 0. The molecule has 0 radical (unpaired) electrons. The van der Waals surface area contributed by atoms with Gasteiger partial charge < -0.3 is 0 Å². The van der Waals surface area contributed by atoms with Crippen molar-refractivity contribution >= 4 is 0 Å². The molecule has 242 valence electrons. The number of unbranched alkanes of at least 4 members (excludes halogenated alkanes) is 30. The molecule has 0 nitrogen and oxygen atoms in total. The molecule has 0 heterocycles. The maximum atomic E-state index is 2.49. The number of rotatable bonds is 34. The molecule has 0 fully saturated rings. The predicted octanol–water partition coefficient (Wildman–Crippen LogP) is 15.4. The van der Waals surface area contributed by atoms with E-state index in [1.54, 1.807) is 5.57 Å². The number of hydrogen-bond donors (Lipinski definition) is 0. The highest BCUT2D eigenvalue weighted by atomic mass is 14.2. The van der Waals surface area contributed by atoms with Crippen molar-refractivity contribution in [2.45, 2.75) is 232 Å². The highest BCUT2D eigenvalue weighted by molar-refractivity contribution is 5.27. The van der Waals surface area contributed by atoms with E-state index in [-0.39, 0.29) is 0 Å². The minimum absolute atomic E-state index is 0.776. The molecule has 0 aromatic heterocycles. The molecule has 1 aliphatic carbocycles. The molecule has 0 amide bonds. The maximum absolute atomic E-state index is 2.49. The van der Waals surface area contributed by atoms with Crippen LogP contribution in [0.15, 0.2) is 23.8 Å². The molecule has 0 N–H and O–H groups in total. The molecule has 41 heavy (non-hydrogen) atoms. The Bertz CT molecular complexity index is 554. The van der Waals surface area contributed by atoms with Crippen molar-refractivity contribution in [2.75, 3.05) is 0 Å². The van der Waals surface area contributed by atoms with Crippen LogP contribution in [0.3, 0.4) is 0 Å². The van der Waals surface area contributed by atoms with Gasteiger partial charge in [-0.05, 0) is 25.2 Å². The highest BCUT2D eigenvalue weighted by Gasteiger charge is 2.13. The van der Waals surface area contributed by atoms with Crippen molar-refractivity contribution < 1.29 is 0 Å². The molecular formula is C41H78. The van der Waals surface area contributed by atoms with Gasteiger partial charge in [-0.15, -0.1) is 0 Å². The zero-order valence-corrected chi connectivity index (χ0v) is 28.9. The van der Waals surface area contributed by atoms with E-state index in [1.165, 1.54) is 218 Å². The normalized spacial score (nSPS) is 14.8. The van der Waals surface area contributed by atoms with Crippen LogP contribution >= 0.6 is 0 Å². The molecule has 0 heteroatoms. The predicted molar refractivity (Wildman–Crippen MR) is 189 cm³/mol. The molecule has 0 aliphatic heterocycles. The summed E-state index contributed by atoms with van der Waals surface area (Å²) in [6.45, 7) is 4.62. The molecule has 1 atom stereocenters. The van der Waals surface area contributed by atoms with E-state index in [9.17, 15) is 0 Å². The van der Waals surface area contributed by atoms with Gasteiger partial charge in [0, 0.05) is 0 Å². The van der Waals surface area contributed by atoms with Crippen LogP contribution in [0.2, 0.25) is 0 Å². The third-order valence-corrected chi connectivity index (χ3v) is 9.82.